The Labute approximate surface area is 133 Å². The lowest BCUT2D eigenvalue weighted by Crippen LogP contribution is -2.26. The highest BCUT2D eigenvalue weighted by Gasteiger charge is 2.14. The molecule has 0 unspecified atom stereocenters. The van der Waals surface area contributed by atoms with Crippen molar-refractivity contribution in [3.8, 4) is 17.0 Å². The number of alkyl halides is 2. The van der Waals surface area contributed by atoms with Gasteiger partial charge in [0.25, 0.3) is 12.0 Å². The summed E-state index contributed by atoms with van der Waals surface area (Å²) in [4.78, 5) is 12.2. The Hall–Kier alpha value is -2.43. The SMILES string of the molecule is C=CCOc1ccc(-c2ccc(C)c(=O)n2CC(F)F)c(C)c1. The molecule has 0 atom stereocenters. The zero-order chi connectivity index (χ0) is 17.0. The quantitative estimate of drug-likeness (QED) is 0.755. The average molecular weight is 319 g/mol. The topological polar surface area (TPSA) is 31.2 Å². The summed E-state index contributed by atoms with van der Waals surface area (Å²) in [5, 5.41) is 0. The van der Waals surface area contributed by atoms with Gasteiger partial charge in [-0.2, -0.15) is 0 Å². The van der Waals surface area contributed by atoms with Gasteiger partial charge in [0.2, 0.25) is 0 Å². The first-order valence-corrected chi connectivity index (χ1v) is 7.27. The number of halogens is 2. The lowest BCUT2D eigenvalue weighted by Gasteiger charge is -2.16. The van der Waals surface area contributed by atoms with Crippen LogP contribution in [0.4, 0.5) is 8.78 Å². The van der Waals surface area contributed by atoms with Gasteiger partial charge in [-0.1, -0.05) is 18.7 Å². The number of pyridine rings is 1. The molecule has 1 aromatic heterocycles. The van der Waals surface area contributed by atoms with Gasteiger partial charge >= 0.3 is 0 Å². The standard InChI is InChI=1S/C18H19F2NO2/c1-4-9-23-14-6-7-15(13(3)10-14)16-8-5-12(2)18(22)21(16)11-17(19)20/h4-8,10,17H,1,9,11H2,2-3H3. The molecule has 2 rings (SSSR count). The molecule has 0 N–H and O–H groups in total. The van der Waals surface area contributed by atoms with Crippen LogP contribution in [-0.2, 0) is 6.54 Å². The number of aryl methyl sites for hydroxylation is 2. The van der Waals surface area contributed by atoms with Crippen molar-refractivity contribution in [2.45, 2.75) is 26.8 Å². The maximum atomic E-state index is 12.8. The fourth-order valence-electron chi connectivity index (χ4n) is 2.41. The van der Waals surface area contributed by atoms with Gasteiger partial charge in [-0.05, 0) is 43.7 Å². The Morgan fingerprint density at radius 1 is 1.22 bits per heavy atom. The van der Waals surface area contributed by atoms with Gasteiger partial charge in [0.15, 0.2) is 0 Å². The minimum Gasteiger partial charge on any atom is -0.490 e. The van der Waals surface area contributed by atoms with Crippen LogP contribution in [0.5, 0.6) is 5.75 Å². The molecular weight excluding hydrogens is 300 g/mol. The molecule has 0 aliphatic rings. The minimum atomic E-state index is -2.59. The number of nitrogens with zero attached hydrogens (tertiary/aromatic N) is 1. The Bertz CT molecular complexity index is 766. The maximum Gasteiger partial charge on any atom is 0.256 e. The highest BCUT2D eigenvalue weighted by atomic mass is 19.3. The largest absolute Gasteiger partial charge is 0.490 e. The minimum absolute atomic E-state index is 0.388. The average Bonchev–Trinajstić information content (AvgIpc) is 2.50. The summed E-state index contributed by atoms with van der Waals surface area (Å²) in [6.45, 7) is 6.83. The lowest BCUT2D eigenvalue weighted by molar-refractivity contribution is 0.126. The van der Waals surface area contributed by atoms with Crippen LogP contribution in [0, 0.1) is 13.8 Å². The predicted molar refractivity (Wildman–Crippen MR) is 87.3 cm³/mol. The zero-order valence-electron chi connectivity index (χ0n) is 13.2. The molecule has 0 fully saturated rings. The predicted octanol–water partition coefficient (Wildman–Crippen LogP) is 3.96. The van der Waals surface area contributed by atoms with E-state index in [-0.39, 0.29) is 0 Å². The summed E-state index contributed by atoms with van der Waals surface area (Å²) in [6, 6.07) is 8.70. The van der Waals surface area contributed by atoms with E-state index in [0.717, 1.165) is 15.7 Å². The van der Waals surface area contributed by atoms with Crippen molar-refractivity contribution >= 4 is 0 Å². The van der Waals surface area contributed by atoms with Crippen LogP contribution in [0.1, 0.15) is 11.1 Å². The molecule has 0 aliphatic carbocycles. The number of aromatic nitrogens is 1. The van der Waals surface area contributed by atoms with E-state index in [1.165, 1.54) is 0 Å². The van der Waals surface area contributed by atoms with Gasteiger partial charge in [0.1, 0.15) is 12.4 Å². The third-order valence-electron chi connectivity index (χ3n) is 3.53. The summed E-state index contributed by atoms with van der Waals surface area (Å²) < 4.78 is 32.3. The molecule has 122 valence electrons. The number of benzene rings is 1. The number of ether oxygens (including phenoxy) is 1. The molecule has 5 heteroatoms. The second-order valence-corrected chi connectivity index (χ2v) is 5.28. The maximum absolute atomic E-state index is 12.8. The summed E-state index contributed by atoms with van der Waals surface area (Å²) in [5.74, 6) is 0.668. The van der Waals surface area contributed by atoms with E-state index in [9.17, 15) is 13.6 Å². The highest BCUT2D eigenvalue weighted by molar-refractivity contribution is 5.65. The van der Waals surface area contributed by atoms with Crippen molar-refractivity contribution in [1.29, 1.82) is 0 Å². The Balaban J connectivity index is 2.51. The van der Waals surface area contributed by atoms with Crippen molar-refractivity contribution in [3.63, 3.8) is 0 Å². The Morgan fingerprint density at radius 2 is 1.96 bits per heavy atom. The number of rotatable bonds is 6. The summed E-state index contributed by atoms with van der Waals surface area (Å²) in [5.41, 5.74) is 2.10. The van der Waals surface area contributed by atoms with E-state index in [1.807, 2.05) is 13.0 Å². The molecule has 0 aliphatic heterocycles. The van der Waals surface area contributed by atoms with Crippen LogP contribution in [-0.4, -0.2) is 17.6 Å². The second kappa shape index (κ2) is 7.22. The number of hydrogen-bond donors (Lipinski definition) is 0. The Morgan fingerprint density at radius 3 is 2.57 bits per heavy atom. The van der Waals surface area contributed by atoms with E-state index >= 15 is 0 Å². The molecule has 23 heavy (non-hydrogen) atoms. The second-order valence-electron chi connectivity index (χ2n) is 5.28. The first kappa shape index (κ1) is 16.9. The van der Waals surface area contributed by atoms with E-state index in [2.05, 4.69) is 6.58 Å². The summed E-state index contributed by atoms with van der Waals surface area (Å²) >= 11 is 0. The molecule has 0 amide bonds. The molecule has 2 aromatic rings. The number of hydrogen-bond acceptors (Lipinski definition) is 2. The summed E-state index contributed by atoms with van der Waals surface area (Å²) in [7, 11) is 0. The third kappa shape index (κ3) is 3.86. The summed E-state index contributed by atoms with van der Waals surface area (Å²) in [6.07, 6.45) is -0.951. The van der Waals surface area contributed by atoms with Gasteiger partial charge in [-0.25, -0.2) is 8.78 Å². The van der Waals surface area contributed by atoms with E-state index in [1.54, 1.807) is 37.3 Å². The third-order valence-corrected chi connectivity index (χ3v) is 3.53. The molecule has 3 nitrogen and oxygen atoms in total. The van der Waals surface area contributed by atoms with E-state index in [0.29, 0.717) is 23.6 Å². The Kier molecular flexibility index (Phi) is 5.32. The van der Waals surface area contributed by atoms with Crippen molar-refractivity contribution in [3.05, 3.63) is 64.5 Å². The molecular formula is C18H19F2NO2. The van der Waals surface area contributed by atoms with Crippen molar-refractivity contribution in [1.82, 2.24) is 4.57 Å². The molecule has 0 radical (unpaired) electrons. The van der Waals surface area contributed by atoms with Gasteiger partial charge in [-0.3, -0.25) is 4.79 Å². The van der Waals surface area contributed by atoms with Crippen LogP contribution in [0.25, 0.3) is 11.3 Å². The van der Waals surface area contributed by atoms with Crippen LogP contribution >= 0.6 is 0 Å². The van der Waals surface area contributed by atoms with Crippen molar-refractivity contribution < 1.29 is 13.5 Å². The molecule has 0 saturated heterocycles. The molecule has 0 bridgehead atoms. The molecule has 1 aromatic carbocycles. The fourth-order valence-corrected chi connectivity index (χ4v) is 2.41. The van der Waals surface area contributed by atoms with Crippen LogP contribution < -0.4 is 10.3 Å². The lowest BCUT2D eigenvalue weighted by atomic mass is 10.0. The van der Waals surface area contributed by atoms with E-state index in [4.69, 9.17) is 4.74 Å². The zero-order valence-corrected chi connectivity index (χ0v) is 13.2. The smallest absolute Gasteiger partial charge is 0.256 e. The molecule has 1 heterocycles. The van der Waals surface area contributed by atoms with Gasteiger partial charge in [-0.15, -0.1) is 0 Å². The normalized spacial score (nSPS) is 10.8. The molecule has 0 spiro atoms. The van der Waals surface area contributed by atoms with Gasteiger partial charge < -0.3 is 9.30 Å². The van der Waals surface area contributed by atoms with Gasteiger partial charge in [0.05, 0.1) is 12.2 Å². The first-order valence-electron chi connectivity index (χ1n) is 7.27. The van der Waals surface area contributed by atoms with Crippen molar-refractivity contribution in [2.75, 3.05) is 6.61 Å². The first-order chi connectivity index (χ1) is 10.9. The van der Waals surface area contributed by atoms with Crippen LogP contribution in [0.3, 0.4) is 0 Å². The van der Waals surface area contributed by atoms with Crippen molar-refractivity contribution in [2.24, 2.45) is 0 Å². The van der Waals surface area contributed by atoms with E-state index < -0.39 is 18.5 Å². The highest BCUT2D eigenvalue weighted by Crippen LogP contribution is 2.27. The monoisotopic (exact) mass is 319 g/mol. The van der Waals surface area contributed by atoms with Crippen LogP contribution in [0.2, 0.25) is 0 Å². The molecule has 0 saturated carbocycles. The van der Waals surface area contributed by atoms with Gasteiger partial charge in [0, 0.05) is 11.1 Å². The van der Waals surface area contributed by atoms with Crippen LogP contribution in [0.15, 0.2) is 47.8 Å². The fraction of sp³-hybridized carbons (Fsp3) is 0.278.